The lowest BCUT2D eigenvalue weighted by Gasteiger charge is -2.13. The molecule has 96 valence electrons. The third-order valence-electron chi connectivity index (χ3n) is 2.24. The molecular formula is C13H14O5. The van der Waals surface area contributed by atoms with Gasteiger partial charge in [0.2, 0.25) is 0 Å². The summed E-state index contributed by atoms with van der Waals surface area (Å²) in [6.07, 6.45) is 2.00. The quantitative estimate of drug-likeness (QED) is 0.438. The third-order valence-corrected chi connectivity index (χ3v) is 2.24. The standard InChI is InChI=1S/C13H14O5/c1-4-7-18-13(15)11-9(8-14)5-6-10(16-2)12(11)17-3/h4-6,8H,1,7H2,2-3H3. The fourth-order valence-electron chi connectivity index (χ4n) is 1.46. The van der Waals surface area contributed by atoms with Crippen molar-refractivity contribution >= 4 is 12.3 Å². The number of carbonyl (C=O) groups is 2. The minimum Gasteiger partial charge on any atom is -0.493 e. The third kappa shape index (κ3) is 2.68. The van der Waals surface area contributed by atoms with E-state index in [0.717, 1.165) is 0 Å². The van der Waals surface area contributed by atoms with Crippen LogP contribution in [0.1, 0.15) is 20.7 Å². The largest absolute Gasteiger partial charge is 0.493 e. The van der Waals surface area contributed by atoms with Crippen LogP contribution in [-0.4, -0.2) is 33.1 Å². The second-order valence-electron chi connectivity index (χ2n) is 3.27. The maximum Gasteiger partial charge on any atom is 0.343 e. The molecule has 5 heteroatoms. The Morgan fingerprint density at radius 3 is 2.56 bits per heavy atom. The normalized spacial score (nSPS) is 9.44. The van der Waals surface area contributed by atoms with E-state index in [1.165, 1.54) is 26.4 Å². The predicted molar refractivity (Wildman–Crippen MR) is 65.4 cm³/mol. The van der Waals surface area contributed by atoms with E-state index >= 15 is 0 Å². The fourth-order valence-corrected chi connectivity index (χ4v) is 1.46. The summed E-state index contributed by atoms with van der Waals surface area (Å²) in [6.45, 7) is 3.50. The van der Waals surface area contributed by atoms with Gasteiger partial charge in [-0.25, -0.2) is 4.79 Å². The molecule has 0 unspecified atom stereocenters. The number of methoxy groups -OCH3 is 2. The Labute approximate surface area is 105 Å². The monoisotopic (exact) mass is 250 g/mol. The molecule has 0 aliphatic carbocycles. The summed E-state index contributed by atoms with van der Waals surface area (Å²) in [6, 6.07) is 3.02. The zero-order chi connectivity index (χ0) is 13.5. The molecule has 18 heavy (non-hydrogen) atoms. The van der Waals surface area contributed by atoms with Crippen LogP contribution < -0.4 is 9.47 Å². The molecule has 0 saturated heterocycles. The molecule has 0 radical (unpaired) electrons. The Morgan fingerprint density at radius 2 is 2.06 bits per heavy atom. The van der Waals surface area contributed by atoms with E-state index in [0.29, 0.717) is 12.0 Å². The summed E-state index contributed by atoms with van der Waals surface area (Å²) in [4.78, 5) is 22.8. The van der Waals surface area contributed by atoms with Crippen molar-refractivity contribution in [1.29, 1.82) is 0 Å². The number of hydrogen-bond acceptors (Lipinski definition) is 5. The number of benzene rings is 1. The lowest BCUT2D eigenvalue weighted by atomic mass is 10.1. The number of carbonyl (C=O) groups excluding carboxylic acids is 2. The van der Waals surface area contributed by atoms with Crippen LogP contribution in [0.15, 0.2) is 24.8 Å². The second-order valence-corrected chi connectivity index (χ2v) is 3.27. The van der Waals surface area contributed by atoms with Crippen molar-refractivity contribution < 1.29 is 23.8 Å². The number of ether oxygens (including phenoxy) is 3. The number of hydrogen-bond donors (Lipinski definition) is 0. The van der Waals surface area contributed by atoms with Gasteiger partial charge in [-0.1, -0.05) is 12.7 Å². The maximum absolute atomic E-state index is 11.9. The molecule has 0 aliphatic rings. The van der Waals surface area contributed by atoms with Gasteiger partial charge in [0, 0.05) is 5.56 Å². The van der Waals surface area contributed by atoms with Crippen molar-refractivity contribution in [2.45, 2.75) is 0 Å². The predicted octanol–water partition coefficient (Wildman–Crippen LogP) is 1.86. The Morgan fingerprint density at radius 1 is 1.33 bits per heavy atom. The molecule has 0 N–H and O–H groups in total. The summed E-state index contributed by atoms with van der Waals surface area (Å²) >= 11 is 0. The van der Waals surface area contributed by atoms with Gasteiger partial charge in [0.15, 0.2) is 17.8 Å². The Kier molecular flexibility index (Phi) is 4.92. The van der Waals surface area contributed by atoms with Gasteiger partial charge in [0.1, 0.15) is 12.2 Å². The van der Waals surface area contributed by atoms with E-state index in [4.69, 9.17) is 14.2 Å². The lowest BCUT2D eigenvalue weighted by Crippen LogP contribution is -2.11. The molecule has 0 spiro atoms. The first kappa shape index (κ1) is 13.8. The van der Waals surface area contributed by atoms with E-state index in [9.17, 15) is 9.59 Å². The molecule has 1 aromatic carbocycles. The molecule has 0 aliphatic heterocycles. The van der Waals surface area contributed by atoms with Gasteiger partial charge in [-0.2, -0.15) is 0 Å². The van der Waals surface area contributed by atoms with Crippen LogP contribution in [-0.2, 0) is 4.74 Å². The van der Waals surface area contributed by atoms with Crippen LogP contribution in [0.5, 0.6) is 11.5 Å². The van der Waals surface area contributed by atoms with Gasteiger partial charge < -0.3 is 14.2 Å². The highest BCUT2D eigenvalue weighted by molar-refractivity contribution is 6.01. The first-order valence-electron chi connectivity index (χ1n) is 5.17. The molecule has 1 rings (SSSR count). The Bertz CT molecular complexity index is 465. The van der Waals surface area contributed by atoms with Crippen LogP contribution in [0.3, 0.4) is 0 Å². The molecule has 1 aromatic rings. The molecule has 0 atom stereocenters. The van der Waals surface area contributed by atoms with Crippen molar-refractivity contribution in [2.24, 2.45) is 0 Å². The van der Waals surface area contributed by atoms with Gasteiger partial charge in [0.25, 0.3) is 0 Å². The highest BCUT2D eigenvalue weighted by atomic mass is 16.5. The lowest BCUT2D eigenvalue weighted by molar-refractivity contribution is 0.0543. The summed E-state index contributed by atoms with van der Waals surface area (Å²) in [7, 11) is 2.83. The van der Waals surface area contributed by atoms with E-state index in [2.05, 4.69) is 6.58 Å². The molecule has 0 aromatic heterocycles. The van der Waals surface area contributed by atoms with E-state index in [1.807, 2.05) is 0 Å². The van der Waals surface area contributed by atoms with E-state index in [-0.39, 0.29) is 23.5 Å². The van der Waals surface area contributed by atoms with Crippen molar-refractivity contribution in [2.75, 3.05) is 20.8 Å². The zero-order valence-electron chi connectivity index (χ0n) is 10.3. The minimum absolute atomic E-state index is 0.0497. The highest BCUT2D eigenvalue weighted by Crippen LogP contribution is 2.33. The smallest absolute Gasteiger partial charge is 0.343 e. The Hall–Kier alpha value is -2.30. The second kappa shape index (κ2) is 6.44. The number of aldehydes is 1. The topological polar surface area (TPSA) is 61.8 Å². The summed E-state index contributed by atoms with van der Waals surface area (Å²) < 4.78 is 15.1. The number of rotatable bonds is 6. The number of esters is 1. The first-order valence-corrected chi connectivity index (χ1v) is 5.17. The van der Waals surface area contributed by atoms with Crippen LogP contribution in [0, 0.1) is 0 Å². The van der Waals surface area contributed by atoms with E-state index < -0.39 is 5.97 Å². The maximum atomic E-state index is 11.9. The van der Waals surface area contributed by atoms with Crippen LogP contribution >= 0.6 is 0 Å². The average molecular weight is 250 g/mol. The molecule has 0 amide bonds. The van der Waals surface area contributed by atoms with Crippen molar-refractivity contribution in [3.63, 3.8) is 0 Å². The molecule has 0 fully saturated rings. The van der Waals surface area contributed by atoms with Gasteiger partial charge in [-0.05, 0) is 12.1 Å². The first-order chi connectivity index (χ1) is 8.69. The fraction of sp³-hybridized carbons (Fsp3) is 0.231. The zero-order valence-corrected chi connectivity index (χ0v) is 10.3. The van der Waals surface area contributed by atoms with Crippen LogP contribution in [0.25, 0.3) is 0 Å². The SMILES string of the molecule is C=CCOC(=O)c1c(C=O)ccc(OC)c1OC. The molecule has 0 saturated carbocycles. The summed E-state index contributed by atoms with van der Waals surface area (Å²) in [5.41, 5.74) is 0.232. The molecular weight excluding hydrogens is 236 g/mol. The van der Waals surface area contributed by atoms with Crippen LogP contribution in [0.4, 0.5) is 0 Å². The summed E-state index contributed by atoms with van der Waals surface area (Å²) in [5.74, 6) is -0.127. The van der Waals surface area contributed by atoms with Crippen molar-refractivity contribution in [3.8, 4) is 11.5 Å². The van der Waals surface area contributed by atoms with Crippen LogP contribution in [0.2, 0.25) is 0 Å². The minimum atomic E-state index is -0.659. The van der Waals surface area contributed by atoms with Gasteiger partial charge in [-0.3, -0.25) is 4.79 Å². The molecule has 0 heterocycles. The molecule has 0 bridgehead atoms. The Balaban J connectivity index is 3.31. The van der Waals surface area contributed by atoms with Gasteiger partial charge in [0.05, 0.1) is 14.2 Å². The summed E-state index contributed by atoms with van der Waals surface area (Å²) in [5, 5.41) is 0. The van der Waals surface area contributed by atoms with Gasteiger partial charge >= 0.3 is 5.97 Å². The highest BCUT2D eigenvalue weighted by Gasteiger charge is 2.22. The average Bonchev–Trinajstić information content (AvgIpc) is 2.42. The van der Waals surface area contributed by atoms with E-state index in [1.54, 1.807) is 6.07 Å². The van der Waals surface area contributed by atoms with Gasteiger partial charge in [-0.15, -0.1) is 0 Å². The van der Waals surface area contributed by atoms with Crippen molar-refractivity contribution in [1.82, 2.24) is 0 Å². The molecule has 5 nitrogen and oxygen atoms in total. The van der Waals surface area contributed by atoms with Crippen molar-refractivity contribution in [3.05, 3.63) is 35.9 Å².